The molecule has 0 saturated heterocycles. The summed E-state index contributed by atoms with van der Waals surface area (Å²) >= 11 is -1.52. The molecular weight excluding hydrogens is 232 g/mol. The maximum atomic E-state index is 13.2. The van der Waals surface area contributed by atoms with Crippen LogP contribution in [0.5, 0.6) is 0 Å². The highest BCUT2D eigenvalue weighted by atomic mass is 32.2. The highest BCUT2D eigenvalue weighted by Crippen LogP contribution is 2.17. The Hall–Kier alpha value is -0.940. The molecule has 5 heteroatoms. The van der Waals surface area contributed by atoms with Gasteiger partial charge in [0, 0.05) is 0 Å². The number of benzene rings is 1. The molecule has 0 radical (unpaired) electrons. The lowest BCUT2D eigenvalue weighted by Crippen LogP contribution is -2.25. The summed E-state index contributed by atoms with van der Waals surface area (Å²) in [6, 6.07) is 3.53. The molecule has 0 bridgehead atoms. The van der Waals surface area contributed by atoms with Crippen LogP contribution in [0.25, 0.3) is 0 Å². The molecule has 2 nitrogen and oxygen atoms in total. The van der Waals surface area contributed by atoms with Gasteiger partial charge in [-0.25, -0.2) is 8.78 Å². The molecule has 1 rings (SSSR count). The number of rotatable bonds is 2. The molecule has 0 aromatic heterocycles. The van der Waals surface area contributed by atoms with Gasteiger partial charge in [0.25, 0.3) is 0 Å². The Morgan fingerprint density at radius 2 is 1.75 bits per heavy atom. The van der Waals surface area contributed by atoms with Crippen molar-refractivity contribution in [1.29, 1.82) is 0 Å². The predicted octanol–water partition coefficient (Wildman–Crippen LogP) is 2.85. The quantitative estimate of drug-likeness (QED) is 0.583. The zero-order chi connectivity index (χ0) is 12.3. The Kier molecular flexibility index (Phi) is 4.04. The monoisotopic (exact) mass is 245 g/mol. The van der Waals surface area contributed by atoms with Gasteiger partial charge in [-0.05, 0) is 32.9 Å². The van der Waals surface area contributed by atoms with E-state index in [9.17, 15) is 13.3 Å². The van der Waals surface area contributed by atoms with Crippen molar-refractivity contribution >= 4 is 17.6 Å². The Balaban J connectivity index is 2.93. The van der Waals surface area contributed by atoms with Crippen LogP contribution in [0.4, 0.5) is 8.78 Å². The van der Waals surface area contributed by atoms with E-state index >= 15 is 0 Å². The second-order valence-electron chi connectivity index (χ2n) is 4.23. The number of halogens is 2. The van der Waals surface area contributed by atoms with E-state index in [4.69, 9.17) is 0 Å². The van der Waals surface area contributed by atoms with Crippen molar-refractivity contribution in [2.75, 3.05) is 0 Å². The maximum Gasteiger partial charge on any atom is 0.144 e. The van der Waals surface area contributed by atoms with Crippen molar-refractivity contribution in [3.8, 4) is 0 Å². The zero-order valence-corrected chi connectivity index (χ0v) is 10.1. The van der Waals surface area contributed by atoms with E-state index in [-0.39, 0.29) is 5.56 Å². The van der Waals surface area contributed by atoms with Crippen molar-refractivity contribution in [3.05, 3.63) is 35.4 Å². The van der Waals surface area contributed by atoms with Crippen LogP contribution in [-0.4, -0.2) is 15.5 Å². The summed E-state index contributed by atoms with van der Waals surface area (Å²) in [5, 5.41) is 0. The van der Waals surface area contributed by atoms with E-state index in [2.05, 4.69) is 4.40 Å². The van der Waals surface area contributed by atoms with E-state index in [0.29, 0.717) is 0 Å². The zero-order valence-electron chi connectivity index (χ0n) is 9.33. The summed E-state index contributed by atoms with van der Waals surface area (Å²) in [7, 11) is 0. The molecule has 1 aromatic rings. The molecule has 1 atom stereocenters. The van der Waals surface area contributed by atoms with Crippen LogP contribution in [0.1, 0.15) is 26.3 Å². The van der Waals surface area contributed by atoms with Gasteiger partial charge >= 0.3 is 0 Å². The van der Waals surface area contributed by atoms with E-state index in [1.54, 1.807) is 20.8 Å². The minimum Gasteiger partial charge on any atom is -0.591 e. The molecule has 0 saturated carbocycles. The molecule has 88 valence electrons. The summed E-state index contributed by atoms with van der Waals surface area (Å²) in [4.78, 5) is 0. The largest absolute Gasteiger partial charge is 0.591 e. The molecule has 0 fully saturated rings. The Morgan fingerprint density at radius 3 is 2.19 bits per heavy atom. The first-order valence-electron chi connectivity index (χ1n) is 4.72. The minimum atomic E-state index is -1.52. The fraction of sp³-hybridized carbons (Fsp3) is 0.364. The average Bonchev–Trinajstić information content (AvgIpc) is 2.15. The van der Waals surface area contributed by atoms with Crippen LogP contribution < -0.4 is 0 Å². The molecule has 0 amide bonds. The standard InChI is InChI=1S/C11H13F2NOS/c1-11(2,3)16(15)14-7-8-9(12)5-4-6-10(8)13/h4-7H,1-3H3/b14-7+. The molecule has 0 N–H and O–H groups in total. The first kappa shape index (κ1) is 13.1. The molecule has 0 aliphatic rings. The van der Waals surface area contributed by atoms with Crippen LogP contribution in [0, 0.1) is 11.6 Å². The number of nitrogens with zero attached hydrogens (tertiary/aromatic N) is 1. The maximum absolute atomic E-state index is 13.2. The smallest absolute Gasteiger partial charge is 0.144 e. The summed E-state index contributed by atoms with van der Waals surface area (Å²) in [6.45, 7) is 5.20. The molecule has 0 spiro atoms. The van der Waals surface area contributed by atoms with Crippen molar-refractivity contribution in [2.45, 2.75) is 25.5 Å². The first-order chi connectivity index (χ1) is 7.32. The van der Waals surface area contributed by atoms with E-state index in [1.807, 2.05) is 0 Å². The first-order valence-corrected chi connectivity index (χ1v) is 5.83. The lowest BCUT2D eigenvalue weighted by atomic mass is 10.2. The van der Waals surface area contributed by atoms with E-state index < -0.39 is 27.7 Å². The van der Waals surface area contributed by atoms with Crippen LogP contribution in [0.3, 0.4) is 0 Å². The van der Waals surface area contributed by atoms with Gasteiger partial charge in [0.2, 0.25) is 0 Å². The highest BCUT2D eigenvalue weighted by Gasteiger charge is 2.26. The Labute approximate surface area is 96.7 Å². The second-order valence-corrected chi connectivity index (χ2v) is 6.17. The Morgan fingerprint density at radius 1 is 1.25 bits per heavy atom. The van der Waals surface area contributed by atoms with Crippen LogP contribution in [0.15, 0.2) is 22.6 Å². The van der Waals surface area contributed by atoms with Crippen molar-refractivity contribution in [1.82, 2.24) is 0 Å². The van der Waals surface area contributed by atoms with Crippen LogP contribution in [0.2, 0.25) is 0 Å². The summed E-state index contributed by atoms with van der Waals surface area (Å²) in [5.41, 5.74) is -0.264. The van der Waals surface area contributed by atoms with Gasteiger partial charge in [-0.2, -0.15) is 0 Å². The molecule has 0 heterocycles. The SMILES string of the molecule is CC(C)(C)[S+]([O-])/N=C/c1c(F)cccc1F. The fourth-order valence-electron chi connectivity index (χ4n) is 0.893. The minimum absolute atomic E-state index is 0.264. The summed E-state index contributed by atoms with van der Waals surface area (Å²) in [5.74, 6) is -1.43. The summed E-state index contributed by atoms with van der Waals surface area (Å²) in [6.07, 6.45) is 0.978. The van der Waals surface area contributed by atoms with Gasteiger partial charge in [0.15, 0.2) is 0 Å². The topological polar surface area (TPSA) is 35.4 Å². The second kappa shape index (κ2) is 4.93. The van der Waals surface area contributed by atoms with Crippen LogP contribution in [-0.2, 0) is 11.4 Å². The number of hydrogen-bond acceptors (Lipinski definition) is 2. The van der Waals surface area contributed by atoms with Crippen molar-refractivity contribution < 1.29 is 13.3 Å². The molecule has 0 aliphatic carbocycles. The fourth-order valence-corrected chi connectivity index (χ4v) is 1.41. The van der Waals surface area contributed by atoms with Gasteiger partial charge in [0.05, 0.1) is 11.8 Å². The highest BCUT2D eigenvalue weighted by molar-refractivity contribution is 7.91. The summed E-state index contributed by atoms with van der Waals surface area (Å²) < 4.78 is 41.0. The van der Waals surface area contributed by atoms with E-state index in [1.165, 1.54) is 6.07 Å². The molecule has 16 heavy (non-hydrogen) atoms. The van der Waals surface area contributed by atoms with Gasteiger partial charge in [-0.1, -0.05) is 10.5 Å². The molecule has 0 aliphatic heterocycles. The van der Waals surface area contributed by atoms with Gasteiger partial charge in [-0.15, -0.1) is 0 Å². The average molecular weight is 245 g/mol. The third-order valence-electron chi connectivity index (χ3n) is 1.80. The molecule has 1 aromatic carbocycles. The Bertz CT molecular complexity index is 381. The van der Waals surface area contributed by atoms with Gasteiger partial charge in [-0.3, -0.25) is 0 Å². The van der Waals surface area contributed by atoms with Gasteiger partial charge < -0.3 is 4.55 Å². The van der Waals surface area contributed by atoms with Crippen LogP contribution >= 0.6 is 0 Å². The lowest BCUT2D eigenvalue weighted by molar-refractivity contribution is 0.561. The van der Waals surface area contributed by atoms with Crippen molar-refractivity contribution in [3.63, 3.8) is 0 Å². The number of hydrogen-bond donors (Lipinski definition) is 0. The molecule has 1 unspecified atom stereocenters. The molecular formula is C11H13F2NOS. The third kappa shape index (κ3) is 3.28. The third-order valence-corrected chi connectivity index (χ3v) is 3.15. The van der Waals surface area contributed by atoms with Crippen molar-refractivity contribution in [2.24, 2.45) is 4.40 Å². The normalized spacial score (nSPS) is 14.4. The van der Waals surface area contributed by atoms with Gasteiger partial charge in [0.1, 0.15) is 27.7 Å². The van der Waals surface area contributed by atoms with E-state index in [0.717, 1.165) is 18.3 Å². The predicted molar refractivity (Wildman–Crippen MR) is 61.8 cm³/mol. The lowest BCUT2D eigenvalue weighted by Gasteiger charge is -2.17.